The zero-order valence-corrected chi connectivity index (χ0v) is 13.8. The van der Waals surface area contributed by atoms with Gasteiger partial charge in [-0.15, -0.1) is 0 Å². The highest BCUT2D eigenvalue weighted by Crippen LogP contribution is 2.30. The van der Waals surface area contributed by atoms with Crippen LogP contribution in [0.15, 0.2) is 0 Å². The zero-order chi connectivity index (χ0) is 16.3. The Morgan fingerprint density at radius 3 is 2.19 bits per heavy atom. The summed E-state index contributed by atoms with van der Waals surface area (Å²) in [6, 6.07) is 0. The van der Waals surface area contributed by atoms with Crippen LogP contribution in [0.4, 0.5) is 4.79 Å². The van der Waals surface area contributed by atoms with Crippen LogP contribution in [0.5, 0.6) is 0 Å². The Bertz CT molecular complexity index is 382. The van der Waals surface area contributed by atoms with E-state index in [0.29, 0.717) is 25.9 Å². The van der Waals surface area contributed by atoms with Gasteiger partial charge in [-0.3, -0.25) is 4.90 Å². The van der Waals surface area contributed by atoms with E-state index >= 15 is 0 Å². The molecule has 0 aromatic carbocycles. The molecule has 0 unspecified atom stereocenters. The van der Waals surface area contributed by atoms with Gasteiger partial charge in [-0.1, -0.05) is 6.92 Å². The number of nitrogens with zero attached hydrogens (tertiary/aromatic N) is 2. The summed E-state index contributed by atoms with van der Waals surface area (Å²) in [6.45, 7) is 9.76. The minimum Gasteiger partial charge on any atom is -0.479 e. The lowest BCUT2D eigenvalue weighted by Gasteiger charge is -2.44. The summed E-state index contributed by atoms with van der Waals surface area (Å²) in [5.74, 6) is -0.952. The Balaban J connectivity index is 2.82. The summed E-state index contributed by atoms with van der Waals surface area (Å²) < 4.78 is 5.31. The summed E-state index contributed by atoms with van der Waals surface area (Å²) in [5, 5.41) is 9.65. The molecule has 0 saturated carbocycles. The van der Waals surface area contributed by atoms with Gasteiger partial charge in [0.1, 0.15) is 11.1 Å². The van der Waals surface area contributed by atoms with Gasteiger partial charge < -0.3 is 14.7 Å². The Morgan fingerprint density at radius 2 is 1.81 bits per heavy atom. The van der Waals surface area contributed by atoms with E-state index in [1.54, 1.807) is 20.8 Å². The SMILES string of the molecule is CCCN1CCC(C(=O)O)(N(C)C(=O)OC(C)(C)C)CC1. The summed E-state index contributed by atoms with van der Waals surface area (Å²) in [4.78, 5) is 27.5. The monoisotopic (exact) mass is 300 g/mol. The second-order valence-corrected chi connectivity index (χ2v) is 6.72. The number of likely N-dealkylation sites (N-methyl/N-ethyl adjacent to an activating group) is 1. The predicted molar refractivity (Wildman–Crippen MR) is 80.3 cm³/mol. The van der Waals surface area contributed by atoms with Crippen molar-refractivity contribution in [3.63, 3.8) is 0 Å². The molecule has 6 nitrogen and oxygen atoms in total. The fraction of sp³-hybridized carbons (Fsp3) is 0.867. The summed E-state index contributed by atoms with van der Waals surface area (Å²) >= 11 is 0. The maximum Gasteiger partial charge on any atom is 0.410 e. The first kappa shape index (κ1) is 17.8. The van der Waals surface area contributed by atoms with Gasteiger partial charge in [-0.05, 0) is 46.6 Å². The highest BCUT2D eigenvalue weighted by atomic mass is 16.6. The molecule has 0 atom stereocenters. The fourth-order valence-electron chi connectivity index (χ4n) is 2.66. The molecule has 1 heterocycles. The molecule has 1 saturated heterocycles. The molecule has 1 amide bonds. The summed E-state index contributed by atoms with van der Waals surface area (Å²) in [6.07, 6.45) is 1.33. The van der Waals surface area contributed by atoms with E-state index in [-0.39, 0.29) is 0 Å². The Labute approximate surface area is 127 Å². The van der Waals surface area contributed by atoms with E-state index in [9.17, 15) is 14.7 Å². The van der Waals surface area contributed by atoms with Crippen LogP contribution < -0.4 is 0 Å². The lowest BCUT2D eigenvalue weighted by Crippen LogP contribution is -2.61. The number of carbonyl (C=O) groups excluding carboxylic acids is 1. The number of carboxylic acid groups (broad SMARTS) is 1. The number of hydrogen-bond donors (Lipinski definition) is 1. The van der Waals surface area contributed by atoms with Gasteiger partial charge in [-0.25, -0.2) is 9.59 Å². The van der Waals surface area contributed by atoms with Crippen molar-refractivity contribution < 1.29 is 19.4 Å². The van der Waals surface area contributed by atoms with Crippen LogP contribution in [0.3, 0.4) is 0 Å². The van der Waals surface area contributed by atoms with Crippen molar-refractivity contribution in [2.24, 2.45) is 0 Å². The lowest BCUT2D eigenvalue weighted by atomic mass is 9.86. The molecular weight excluding hydrogens is 272 g/mol. The third-order valence-electron chi connectivity index (χ3n) is 3.93. The number of ether oxygens (including phenoxy) is 1. The van der Waals surface area contributed by atoms with Gasteiger partial charge in [0.15, 0.2) is 0 Å². The van der Waals surface area contributed by atoms with Crippen molar-refractivity contribution in [3.05, 3.63) is 0 Å². The van der Waals surface area contributed by atoms with E-state index in [1.807, 2.05) is 0 Å². The Hall–Kier alpha value is -1.30. The van der Waals surface area contributed by atoms with E-state index < -0.39 is 23.2 Å². The molecule has 6 heteroatoms. The van der Waals surface area contributed by atoms with Crippen LogP contribution in [-0.4, -0.2) is 64.8 Å². The second kappa shape index (κ2) is 6.64. The highest BCUT2D eigenvalue weighted by Gasteiger charge is 2.48. The van der Waals surface area contributed by atoms with E-state index in [4.69, 9.17) is 4.74 Å². The third kappa shape index (κ3) is 4.33. The topological polar surface area (TPSA) is 70.1 Å². The number of carboxylic acids is 1. The van der Waals surface area contributed by atoms with Crippen LogP contribution in [0.25, 0.3) is 0 Å². The largest absolute Gasteiger partial charge is 0.479 e. The molecule has 0 radical (unpaired) electrons. The predicted octanol–water partition coefficient (Wildman–Crippen LogP) is 2.18. The van der Waals surface area contributed by atoms with Gasteiger partial charge in [0, 0.05) is 20.1 Å². The van der Waals surface area contributed by atoms with E-state index in [0.717, 1.165) is 13.0 Å². The van der Waals surface area contributed by atoms with Crippen LogP contribution in [0.2, 0.25) is 0 Å². The van der Waals surface area contributed by atoms with Crippen LogP contribution in [0.1, 0.15) is 47.0 Å². The molecule has 1 rings (SSSR count). The van der Waals surface area contributed by atoms with E-state index in [1.165, 1.54) is 11.9 Å². The highest BCUT2D eigenvalue weighted by molar-refractivity contribution is 5.84. The number of piperidine rings is 1. The minimum absolute atomic E-state index is 0.429. The van der Waals surface area contributed by atoms with E-state index in [2.05, 4.69) is 11.8 Å². The molecule has 1 aliphatic heterocycles. The van der Waals surface area contributed by atoms with Crippen molar-refractivity contribution in [2.45, 2.75) is 58.1 Å². The standard InChI is InChI=1S/C15H28N2O4/c1-6-9-17-10-7-15(8-11-17,12(18)19)16(5)13(20)21-14(2,3)4/h6-11H2,1-5H3,(H,18,19). The number of likely N-dealkylation sites (tertiary alicyclic amines) is 1. The molecule has 1 fully saturated rings. The molecule has 21 heavy (non-hydrogen) atoms. The van der Waals surface area contributed by atoms with Crippen LogP contribution >= 0.6 is 0 Å². The first-order valence-corrected chi connectivity index (χ1v) is 7.55. The molecule has 1 N–H and O–H groups in total. The quantitative estimate of drug-likeness (QED) is 0.861. The number of hydrogen-bond acceptors (Lipinski definition) is 4. The molecular formula is C15H28N2O4. The van der Waals surface area contributed by atoms with Crippen molar-refractivity contribution >= 4 is 12.1 Å². The average Bonchev–Trinajstić information content (AvgIpc) is 2.37. The van der Waals surface area contributed by atoms with Crippen molar-refractivity contribution in [1.82, 2.24) is 9.80 Å². The van der Waals surface area contributed by atoms with Gasteiger partial charge in [-0.2, -0.15) is 0 Å². The van der Waals surface area contributed by atoms with Gasteiger partial charge >= 0.3 is 12.1 Å². The van der Waals surface area contributed by atoms with Crippen molar-refractivity contribution in [2.75, 3.05) is 26.7 Å². The number of aliphatic carboxylic acids is 1. The second-order valence-electron chi connectivity index (χ2n) is 6.72. The molecule has 0 bridgehead atoms. The van der Waals surface area contributed by atoms with Gasteiger partial charge in [0.2, 0.25) is 0 Å². The first-order valence-electron chi connectivity index (χ1n) is 7.55. The van der Waals surface area contributed by atoms with Crippen molar-refractivity contribution in [3.8, 4) is 0 Å². The number of rotatable bonds is 4. The number of carbonyl (C=O) groups is 2. The smallest absolute Gasteiger partial charge is 0.410 e. The van der Waals surface area contributed by atoms with Gasteiger partial charge in [0.25, 0.3) is 0 Å². The third-order valence-corrected chi connectivity index (χ3v) is 3.93. The Kier molecular flexibility index (Phi) is 5.61. The molecule has 0 aromatic rings. The molecule has 0 aliphatic carbocycles. The maximum absolute atomic E-state index is 12.2. The number of amides is 1. The average molecular weight is 300 g/mol. The Morgan fingerprint density at radius 1 is 1.29 bits per heavy atom. The summed E-state index contributed by atoms with van der Waals surface area (Å²) in [7, 11) is 1.53. The summed E-state index contributed by atoms with van der Waals surface area (Å²) in [5.41, 5.74) is -1.79. The zero-order valence-electron chi connectivity index (χ0n) is 13.8. The van der Waals surface area contributed by atoms with Crippen LogP contribution in [-0.2, 0) is 9.53 Å². The molecule has 122 valence electrons. The van der Waals surface area contributed by atoms with Crippen molar-refractivity contribution in [1.29, 1.82) is 0 Å². The first-order chi connectivity index (χ1) is 9.62. The molecule has 0 spiro atoms. The van der Waals surface area contributed by atoms with Gasteiger partial charge in [0.05, 0.1) is 0 Å². The van der Waals surface area contributed by atoms with Crippen LogP contribution in [0, 0.1) is 0 Å². The fourth-order valence-corrected chi connectivity index (χ4v) is 2.66. The lowest BCUT2D eigenvalue weighted by molar-refractivity contribution is -0.153. The minimum atomic E-state index is -1.16. The maximum atomic E-state index is 12.2. The molecule has 0 aromatic heterocycles. The normalized spacial score (nSPS) is 19.1. The molecule has 1 aliphatic rings.